The van der Waals surface area contributed by atoms with Gasteiger partial charge >= 0.3 is 0 Å². The molecule has 0 amide bonds. The summed E-state index contributed by atoms with van der Waals surface area (Å²) in [7, 11) is 1.96. The Morgan fingerprint density at radius 1 is 1.29 bits per heavy atom. The van der Waals surface area contributed by atoms with Gasteiger partial charge in [-0.3, -0.25) is 0 Å². The zero-order valence-corrected chi connectivity index (χ0v) is 10.1. The third-order valence-corrected chi connectivity index (χ3v) is 3.04. The summed E-state index contributed by atoms with van der Waals surface area (Å²) in [4.78, 5) is 4.49. The van der Waals surface area contributed by atoms with Gasteiger partial charge in [0.1, 0.15) is 11.6 Å². The second-order valence-electron chi connectivity index (χ2n) is 4.13. The summed E-state index contributed by atoms with van der Waals surface area (Å²) in [5, 5.41) is 0. The van der Waals surface area contributed by atoms with E-state index in [0.29, 0.717) is 13.0 Å². The second kappa shape index (κ2) is 4.67. The minimum absolute atomic E-state index is 0.214. The molecule has 0 unspecified atom stereocenters. The Morgan fingerprint density at radius 2 is 1.94 bits per heavy atom. The Balaban J connectivity index is 2.27. The molecule has 4 heteroatoms. The number of rotatable bonds is 3. The highest BCUT2D eigenvalue weighted by atomic mass is 19.1. The number of halogens is 1. The lowest BCUT2D eigenvalue weighted by Gasteiger charge is -2.01. The van der Waals surface area contributed by atoms with Crippen LogP contribution in [0.15, 0.2) is 24.3 Å². The monoisotopic (exact) mass is 233 g/mol. The van der Waals surface area contributed by atoms with Crippen molar-refractivity contribution in [3.05, 3.63) is 52.9 Å². The van der Waals surface area contributed by atoms with E-state index in [-0.39, 0.29) is 5.82 Å². The van der Waals surface area contributed by atoms with Gasteiger partial charge in [-0.25, -0.2) is 9.37 Å². The Morgan fingerprint density at radius 3 is 2.47 bits per heavy atom. The summed E-state index contributed by atoms with van der Waals surface area (Å²) in [5.41, 5.74) is 8.77. The topological polar surface area (TPSA) is 43.8 Å². The maximum Gasteiger partial charge on any atom is 0.123 e. The molecule has 1 aromatic carbocycles. The Labute approximate surface area is 100 Å². The summed E-state index contributed by atoms with van der Waals surface area (Å²) in [6.45, 7) is 2.45. The summed E-state index contributed by atoms with van der Waals surface area (Å²) in [6.07, 6.45) is 0.708. The Kier molecular flexibility index (Phi) is 3.24. The fraction of sp³-hybridized carbons (Fsp3) is 0.308. The van der Waals surface area contributed by atoms with Gasteiger partial charge in [0, 0.05) is 19.2 Å². The normalized spacial score (nSPS) is 10.8. The lowest BCUT2D eigenvalue weighted by molar-refractivity contribution is 0.627. The third-order valence-electron chi connectivity index (χ3n) is 3.04. The predicted molar refractivity (Wildman–Crippen MR) is 65.0 cm³/mol. The molecular weight excluding hydrogens is 217 g/mol. The molecule has 0 aliphatic carbocycles. The molecule has 3 nitrogen and oxygen atoms in total. The number of hydrogen-bond acceptors (Lipinski definition) is 2. The van der Waals surface area contributed by atoms with Crippen LogP contribution in [0.2, 0.25) is 0 Å². The second-order valence-corrected chi connectivity index (χ2v) is 4.13. The molecule has 0 spiro atoms. The first-order valence-electron chi connectivity index (χ1n) is 5.57. The standard InChI is InChI=1S/C13H16FN3/c1-9-12(16-13(8-15)17(9)2)7-10-3-5-11(14)6-4-10/h3-6H,7-8,15H2,1-2H3. The first-order valence-corrected chi connectivity index (χ1v) is 5.57. The van der Waals surface area contributed by atoms with Gasteiger partial charge in [-0.2, -0.15) is 0 Å². The van der Waals surface area contributed by atoms with E-state index in [1.807, 2.05) is 18.5 Å². The molecule has 2 rings (SSSR count). The molecule has 90 valence electrons. The smallest absolute Gasteiger partial charge is 0.123 e. The van der Waals surface area contributed by atoms with Gasteiger partial charge in [0.05, 0.1) is 12.2 Å². The van der Waals surface area contributed by atoms with Crippen LogP contribution >= 0.6 is 0 Å². The van der Waals surface area contributed by atoms with Crippen LogP contribution in [0.3, 0.4) is 0 Å². The molecule has 0 atom stereocenters. The van der Waals surface area contributed by atoms with E-state index in [2.05, 4.69) is 4.98 Å². The molecule has 0 radical (unpaired) electrons. The zero-order chi connectivity index (χ0) is 12.4. The van der Waals surface area contributed by atoms with Crippen molar-refractivity contribution in [2.75, 3.05) is 0 Å². The van der Waals surface area contributed by atoms with Crippen molar-refractivity contribution in [2.24, 2.45) is 12.8 Å². The average molecular weight is 233 g/mol. The van der Waals surface area contributed by atoms with Crippen molar-refractivity contribution in [3.63, 3.8) is 0 Å². The van der Waals surface area contributed by atoms with Crippen LogP contribution in [0.25, 0.3) is 0 Å². The number of hydrogen-bond donors (Lipinski definition) is 1. The molecule has 2 N–H and O–H groups in total. The predicted octanol–water partition coefficient (Wildman–Crippen LogP) is 1.92. The van der Waals surface area contributed by atoms with E-state index in [1.54, 1.807) is 12.1 Å². The highest BCUT2D eigenvalue weighted by Gasteiger charge is 2.10. The molecule has 0 aliphatic heterocycles. The van der Waals surface area contributed by atoms with Crippen molar-refractivity contribution in [1.82, 2.24) is 9.55 Å². The van der Waals surface area contributed by atoms with E-state index < -0.39 is 0 Å². The lowest BCUT2D eigenvalue weighted by Crippen LogP contribution is -2.05. The van der Waals surface area contributed by atoms with E-state index >= 15 is 0 Å². The number of benzene rings is 1. The Bertz CT molecular complexity index is 514. The van der Waals surface area contributed by atoms with E-state index in [1.165, 1.54) is 12.1 Å². The van der Waals surface area contributed by atoms with Gasteiger partial charge in [-0.15, -0.1) is 0 Å². The quantitative estimate of drug-likeness (QED) is 0.880. The number of imidazole rings is 1. The molecule has 0 aliphatic rings. The number of nitrogens with zero attached hydrogens (tertiary/aromatic N) is 2. The van der Waals surface area contributed by atoms with Crippen molar-refractivity contribution >= 4 is 0 Å². The van der Waals surface area contributed by atoms with Gasteiger partial charge < -0.3 is 10.3 Å². The van der Waals surface area contributed by atoms with Crippen molar-refractivity contribution in [2.45, 2.75) is 19.9 Å². The molecular formula is C13H16FN3. The van der Waals surface area contributed by atoms with Gasteiger partial charge in [0.25, 0.3) is 0 Å². The molecule has 2 aromatic rings. The molecule has 17 heavy (non-hydrogen) atoms. The first-order chi connectivity index (χ1) is 8.11. The first kappa shape index (κ1) is 11.8. The third kappa shape index (κ3) is 2.36. The van der Waals surface area contributed by atoms with Gasteiger partial charge in [-0.1, -0.05) is 12.1 Å². The molecule has 1 aromatic heterocycles. The van der Waals surface area contributed by atoms with Crippen LogP contribution in [-0.2, 0) is 20.0 Å². The minimum atomic E-state index is -0.214. The largest absolute Gasteiger partial charge is 0.334 e. The molecule has 0 fully saturated rings. The lowest BCUT2D eigenvalue weighted by atomic mass is 10.1. The van der Waals surface area contributed by atoms with Crippen LogP contribution < -0.4 is 5.73 Å². The summed E-state index contributed by atoms with van der Waals surface area (Å²) in [5.74, 6) is 0.661. The zero-order valence-electron chi connectivity index (χ0n) is 10.1. The average Bonchev–Trinajstić information content (AvgIpc) is 2.60. The maximum atomic E-state index is 12.8. The fourth-order valence-corrected chi connectivity index (χ4v) is 1.84. The highest BCUT2D eigenvalue weighted by molar-refractivity contribution is 5.26. The molecule has 1 heterocycles. The van der Waals surface area contributed by atoms with Crippen molar-refractivity contribution in [3.8, 4) is 0 Å². The van der Waals surface area contributed by atoms with Crippen LogP contribution in [0.5, 0.6) is 0 Å². The fourth-order valence-electron chi connectivity index (χ4n) is 1.84. The minimum Gasteiger partial charge on any atom is -0.334 e. The van der Waals surface area contributed by atoms with E-state index in [9.17, 15) is 4.39 Å². The SMILES string of the molecule is Cc1c(Cc2ccc(F)cc2)nc(CN)n1C. The number of aromatic nitrogens is 2. The highest BCUT2D eigenvalue weighted by Crippen LogP contribution is 2.14. The molecule has 0 saturated heterocycles. The Hall–Kier alpha value is -1.68. The summed E-state index contributed by atoms with van der Waals surface area (Å²) in [6, 6.07) is 6.51. The van der Waals surface area contributed by atoms with Crippen LogP contribution in [0.1, 0.15) is 22.8 Å². The summed E-state index contributed by atoms with van der Waals surface area (Å²) < 4.78 is 14.8. The van der Waals surface area contributed by atoms with Gasteiger partial charge in [0.2, 0.25) is 0 Å². The van der Waals surface area contributed by atoms with Crippen LogP contribution in [0, 0.1) is 12.7 Å². The van der Waals surface area contributed by atoms with Crippen LogP contribution in [-0.4, -0.2) is 9.55 Å². The van der Waals surface area contributed by atoms with E-state index in [0.717, 1.165) is 22.8 Å². The maximum absolute atomic E-state index is 12.8. The van der Waals surface area contributed by atoms with Crippen LogP contribution in [0.4, 0.5) is 4.39 Å². The van der Waals surface area contributed by atoms with E-state index in [4.69, 9.17) is 5.73 Å². The summed E-state index contributed by atoms with van der Waals surface area (Å²) >= 11 is 0. The van der Waals surface area contributed by atoms with Crippen molar-refractivity contribution in [1.29, 1.82) is 0 Å². The number of nitrogens with two attached hydrogens (primary N) is 1. The van der Waals surface area contributed by atoms with Gasteiger partial charge in [-0.05, 0) is 24.6 Å². The molecule has 0 saturated carbocycles. The van der Waals surface area contributed by atoms with Crippen molar-refractivity contribution < 1.29 is 4.39 Å². The van der Waals surface area contributed by atoms with Gasteiger partial charge in [0.15, 0.2) is 0 Å². The molecule has 0 bridgehead atoms.